The molecule has 5 heteroatoms. The Balaban J connectivity index is 2.25. The molecule has 1 saturated heterocycles. The van der Waals surface area contributed by atoms with E-state index in [1.807, 2.05) is 0 Å². The summed E-state index contributed by atoms with van der Waals surface area (Å²) in [6.07, 6.45) is 0. The third kappa shape index (κ3) is 2.72. The molecule has 0 aromatic carbocycles. The van der Waals surface area contributed by atoms with Gasteiger partial charge in [0.05, 0.1) is 40.3 Å². The van der Waals surface area contributed by atoms with Gasteiger partial charge in [0.25, 0.3) is 0 Å². The molecule has 11 heavy (non-hydrogen) atoms. The van der Waals surface area contributed by atoms with Crippen LogP contribution in [-0.4, -0.2) is 55.1 Å². The zero-order valence-electron chi connectivity index (χ0n) is 6.99. The molecule has 0 aromatic rings. The average molecular weight is 163 g/mol. The molecule has 5 nitrogen and oxygen atoms in total. The van der Waals surface area contributed by atoms with Crippen molar-refractivity contribution in [2.45, 2.75) is 0 Å². The molecule has 0 unspecified atom stereocenters. The van der Waals surface area contributed by atoms with E-state index in [4.69, 9.17) is 5.26 Å². The van der Waals surface area contributed by atoms with Gasteiger partial charge >= 0.3 is 0 Å². The predicted molar refractivity (Wildman–Crippen MR) is 38.2 cm³/mol. The molecular weight excluding hydrogens is 148 g/mol. The van der Waals surface area contributed by atoms with Crippen molar-refractivity contribution >= 4 is 0 Å². The van der Waals surface area contributed by atoms with Crippen LogP contribution in [0.15, 0.2) is 0 Å². The summed E-state index contributed by atoms with van der Waals surface area (Å²) < 4.78 is 0.991. The van der Waals surface area contributed by atoms with E-state index in [0.29, 0.717) is 0 Å². The molecule has 1 fully saturated rings. The fourth-order valence-corrected chi connectivity index (χ4v) is 1.11. The molecule has 1 aliphatic rings. The van der Waals surface area contributed by atoms with Crippen molar-refractivity contribution in [1.29, 1.82) is 0 Å². The number of quaternary nitrogens is 1. The third-order valence-corrected chi connectivity index (χ3v) is 2.05. The highest BCUT2D eigenvalue weighted by Crippen LogP contribution is 2.06. The molecule has 0 saturated carbocycles. The number of nitrogens with zero attached hydrogens (tertiary/aromatic N) is 2. The number of likely N-dealkylation sites (N-methyl/N-ethyl adjacent to an activating group) is 1. The van der Waals surface area contributed by atoms with Crippen molar-refractivity contribution in [2.75, 3.05) is 40.3 Å². The van der Waals surface area contributed by atoms with Crippen LogP contribution in [0.3, 0.4) is 0 Å². The molecule has 0 bridgehead atoms. The summed E-state index contributed by atoms with van der Waals surface area (Å²) in [5.41, 5.74) is 0. The fourth-order valence-electron chi connectivity index (χ4n) is 1.11. The topological polar surface area (TPSA) is 41.9 Å². The summed E-state index contributed by atoms with van der Waals surface area (Å²) in [6, 6.07) is 0. The van der Waals surface area contributed by atoms with E-state index in [0.717, 1.165) is 30.7 Å². The number of rotatable bonds is 2. The minimum Gasteiger partial charge on any atom is -0.326 e. The Morgan fingerprint density at radius 1 is 1.27 bits per heavy atom. The normalized spacial score (nSPS) is 25.4. The summed E-state index contributed by atoms with van der Waals surface area (Å²) >= 11 is 0. The van der Waals surface area contributed by atoms with E-state index < -0.39 is 0 Å². The van der Waals surface area contributed by atoms with Gasteiger partial charge in [0, 0.05) is 0 Å². The van der Waals surface area contributed by atoms with Crippen molar-refractivity contribution in [3.63, 3.8) is 0 Å². The van der Waals surface area contributed by atoms with E-state index in [2.05, 4.69) is 24.1 Å². The van der Waals surface area contributed by atoms with Gasteiger partial charge in [0.1, 0.15) is 0 Å². The number of piperazine rings is 1. The van der Waals surface area contributed by atoms with Gasteiger partial charge in [-0.1, -0.05) is 5.04 Å². The maximum absolute atomic E-state index is 7.98. The van der Waals surface area contributed by atoms with E-state index in [9.17, 15) is 0 Å². The second kappa shape index (κ2) is 3.46. The molecule has 1 heterocycles. The summed E-state index contributed by atoms with van der Waals surface area (Å²) in [6.45, 7) is 3.58. The van der Waals surface area contributed by atoms with Crippen LogP contribution in [0.5, 0.6) is 0 Å². The van der Waals surface area contributed by atoms with Crippen molar-refractivity contribution in [3.05, 3.63) is 0 Å². The lowest BCUT2D eigenvalue weighted by molar-refractivity contribution is -0.898. The van der Waals surface area contributed by atoms with E-state index in [1.165, 1.54) is 0 Å². The van der Waals surface area contributed by atoms with Crippen LogP contribution in [0.2, 0.25) is 0 Å². The van der Waals surface area contributed by atoms with Crippen LogP contribution >= 0.6 is 0 Å². The molecule has 0 amide bonds. The second-order valence-electron chi connectivity index (χ2n) is 3.46. The Labute approximate surface area is 66.1 Å². The van der Waals surface area contributed by atoms with E-state index in [1.54, 1.807) is 5.06 Å². The molecule has 66 valence electrons. The lowest BCUT2D eigenvalue weighted by Gasteiger charge is -2.36. The molecule has 1 rings (SSSR count). The lowest BCUT2D eigenvalue weighted by Crippen LogP contribution is -2.54. The zero-order valence-corrected chi connectivity index (χ0v) is 6.99. The quantitative estimate of drug-likeness (QED) is 0.345. The second-order valence-corrected chi connectivity index (χ2v) is 3.46. The van der Waals surface area contributed by atoms with Gasteiger partial charge < -0.3 is 4.48 Å². The standard InChI is InChI=1S/C6H14N2O3/c1-8(2)5-3-7(4-6-8)10-11-9/h3-6H2,1-2H3/p+1. The minimum atomic E-state index is 0.785. The van der Waals surface area contributed by atoms with Crippen molar-refractivity contribution in [2.24, 2.45) is 0 Å². The molecule has 0 radical (unpaired) electrons. The SMILES string of the molecule is C[N+]1(C)CCN(OOO)CC1. The molecule has 0 aromatic heterocycles. The monoisotopic (exact) mass is 163 g/mol. The predicted octanol–water partition coefficient (Wildman–Crippen LogP) is -0.285. The fraction of sp³-hybridized carbons (Fsp3) is 1.00. The molecule has 1 aliphatic heterocycles. The Bertz CT molecular complexity index is 119. The Hall–Kier alpha value is -0.200. The first-order valence-corrected chi connectivity index (χ1v) is 3.69. The van der Waals surface area contributed by atoms with Gasteiger partial charge in [-0.3, -0.25) is 0 Å². The highest BCUT2D eigenvalue weighted by molar-refractivity contribution is 4.51. The van der Waals surface area contributed by atoms with Crippen molar-refractivity contribution in [3.8, 4) is 0 Å². The summed E-state index contributed by atoms with van der Waals surface area (Å²) in [7, 11) is 4.33. The number of hydrogen-bond acceptors (Lipinski definition) is 4. The van der Waals surface area contributed by atoms with Crippen LogP contribution in [0.25, 0.3) is 0 Å². The Morgan fingerprint density at radius 2 is 1.82 bits per heavy atom. The zero-order chi connectivity index (χ0) is 8.32. The van der Waals surface area contributed by atoms with Gasteiger partial charge in [-0.15, -0.1) is 10.1 Å². The van der Waals surface area contributed by atoms with Crippen LogP contribution in [0.1, 0.15) is 0 Å². The molecule has 0 aliphatic carbocycles. The first-order chi connectivity index (χ1) is 5.14. The van der Waals surface area contributed by atoms with Gasteiger partial charge in [-0.2, -0.15) is 0 Å². The summed E-state index contributed by atoms with van der Waals surface area (Å²) in [4.78, 5) is 4.46. The highest BCUT2D eigenvalue weighted by Gasteiger charge is 2.25. The molecular formula is C6H15N2O3+. The number of hydrogen-bond donors (Lipinski definition) is 1. The largest absolute Gasteiger partial charge is 0.326 e. The van der Waals surface area contributed by atoms with Gasteiger partial charge in [-0.25, -0.2) is 5.26 Å². The van der Waals surface area contributed by atoms with Gasteiger partial charge in [-0.05, 0) is 0 Å². The number of hydroxylamine groups is 2. The van der Waals surface area contributed by atoms with Gasteiger partial charge in [0.15, 0.2) is 0 Å². The molecule has 1 N–H and O–H groups in total. The van der Waals surface area contributed by atoms with Gasteiger partial charge in [0.2, 0.25) is 0 Å². The van der Waals surface area contributed by atoms with E-state index in [-0.39, 0.29) is 0 Å². The Kier molecular flexibility index (Phi) is 2.80. The van der Waals surface area contributed by atoms with E-state index >= 15 is 0 Å². The van der Waals surface area contributed by atoms with Crippen LogP contribution in [0.4, 0.5) is 0 Å². The smallest absolute Gasteiger partial charge is 0.0937 e. The lowest BCUT2D eigenvalue weighted by atomic mass is 10.3. The van der Waals surface area contributed by atoms with Crippen LogP contribution < -0.4 is 0 Å². The molecule has 0 atom stereocenters. The van der Waals surface area contributed by atoms with Crippen LogP contribution in [-0.2, 0) is 10.0 Å². The van der Waals surface area contributed by atoms with Crippen LogP contribution in [0, 0.1) is 0 Å². The maximum atomic E-state index is 7.98. The highest BCUT2D eigenvalue weighted by atomic mass is 17.5. The summed E-state index contributed by atoms with van der Waals surface area (Å²) in [5.74, 6) is 0. The van der Waals surface area contributed by atoms with Crippen molar-refractivity contribution < 1.29 is 19.8 Å². The Morgan fingerprint density at radius 3 is 2.27 bits per heavy atom. The summed E-state index contributed by atoms with van der Waals surface area (Å²) in [5, 5.41) is 13.1. The maximum Gasteiger partial charge on any atom is 0.0937 e. The average Bonchev–Trinajstić information content (AvgIpc) is 1.94. The third-order valence-electron chi connectivity index (χ3n) is 2.05. The first kappa shape index (κ1) is 8.89. The molecule has 0 spiro atoms. The van der Waals surface area contributed by atoms with Crippen molar-refractivity contribution in [1.82, 2.24) is 5.06 Å². The first-order valence-electron chi connectivity index (χ1n) is 3.69. The minimum absolute atomic E-state index is 0.785.